The van der Waals surface area contributed by atoms with Crippen LogP contribution in [0.15, 0.2) is 217 Å². The van der Waals surface area contributed by atoms with Crippen LogP contribution in [0.2, 0.25) is 0 Å². The first kappa shape index (κ1) is 36.9. The number of fused-ring (bicyclic) bond motifs is 7. The fourth-order valence-corrected chi connectivity index (χ4v) is 11.0. The molecule has 0 saturated heterocycles. The molecule has 4 unspecified atom stereocenters. The monoisotopic (exact) mass is 821 g/mol. The Morgan fingerprint density at radius 2 is 1.05 bits per heavy atom. The summed E-state index contributed by atoms with van der Waals surface area (Å²) in [6, 6.07) is 62.6. The van der Waals surface area contributed by atoms with E-state index in [0.717, 1.165) is 57.5 Å². The van der Waals surface area contributed by atoms with Crippen molar-refractivity contribution in [3.8, 4) is 73.3 Å². The van der Waals surface area contributed by atoms with E-state index in [4.69, 9.17) is 19.7 Å². The highest BCUT2D eigenvalue weighted by molar-refractivity contribution is 5.91. The van der Waals surface area contributed by atoms with E-state index < -0.39 is 5.41 Å². The molecule has 1 saturated carbocycles. The van der Waals surface area contributed by atoms with Gasteiger partial charge in [0.05, 0.1) is 5.41 Å². The van der Waals surface area contributed by atoms with Gasteiger partial charge in [0.15, 0.2) is 17.5 Å². The summed E-state index contributed by atoms with van der Waals surface area (Å²) in [7, 11) is 0. The molecule has 64 heavy (non-hydrogen) atoms. The number of hydrogen-bond donors (Lipinski definition) is 0. The highest BCUT2D eigenvalue weighted by Gasteiger charge is 2.69. The molecule has 0 amide bonds. The first-order valence-corrected chi connectivity index (χ1v) is 22.5. The van der Waals surface area contributed by atoms with E-state index >= 15 is 0 Å². The summed E-state index contributed by atoms with van der Waals surface area (Å²) < 4.78 is 7.28. The zero-order chi connectivity index (χ0) is 42.4. The van der Waals surface area contributed by atoms with Crippen LogP contribution < -0.4 is 4.74 Å². The first-order valence-electron chi connectivity index (χ1n) is 22.5. The maximum absolute atomic E-state index is 7.28. The van der Waals surface area contributed by atoms with E-state index in [1.807, 2.05) is 12.1 Å². The van der Waals surface area contributed by atoms with Crippen molar-refractivity contribution in [3.63, 3.8) is 0 Å². The molecule has 0 bridgehead atoms. The number of nitrogens with zero attached hydrogens (tertiary/aromatic N) is 3. The maximum atomic E-state index is 7.28. The Balaban J connectivity index is 0.921. The average Bonchev–Trinajstić information content (AvgIpc) is 4.02. The fourth-order valence-electron chi connectivity index (χ4n) is 11.0. The molecule has 5 aliphatic rings. The molecule has 7 aromatic carbocycles. The molecule has 1 aliphatic heterocycles. The smallest absolute Gasteiger partial charge is 0.164 e. The lowest BCUT2D eigenvalue weighted by atomic mass is 9.61. The molecular weight excluding hydrogens is 779 g/mol. The molecule has 4 nitrogen and oxygen atoms in total. The fraction of sp³-hybridized carbons (Fsp3) is 0.117. The Kier molecular flexibility index (Phi) is 8.17. The Hall–Kier alpha value is -7.69. The quantitative estimate of drug-likeness (QED) is 0.168. The van der Waals surface area contributed by atoms with Gasteiger partial charge in [-0.25, -0.2) is 15.0 Å². The van der Waals surface area contributed by atoms with Gasteiger partial charge in [0.25, 0.3) is 0 Å². The van der Waals surface area contributed by atoms with Gasteiger partial charge in [0.2, 0.25) is 0 Å². The molecule has 0 radical (unpaired) electrons. The third-order valence-corrected chi connectivity index (χ3v) is 14.2. The number of allylic oxidation sites excluding steroid dienone is 6. The van der Waals surface area contributed by atoms with Crippen molar-refractivity contribution < 1.29 is 4.74 Å². The van der Waals surface area contributed by atoms with Crippen molar-refractivity contribution in [3.05, 3.63) is 234 Å². The molecule has 8 aromatic rings. The lowest BCUT2D eigenvalue weighted by molar-refractivity contribution is 0.171. The number of ether oxygens (including phenoxy) is 1. The van der Waals surface area contributed by atoms with E-state index in [1.54, 1.807) is 0 Å². The lowest BCUT2D eigenvalue weighted by Crippen LogP contribution is -2.45. The van der Waals surface area contributed by atoms with Gasteiger partial charge in [-0.1, -0.05) is 201 Å². The molecular formula is C60H43N3O. The molecule has 13 rings (SSSR count). The number of benzene rings is 7. The van der Waals surface area contributed by atoms with Crippen LogP contribution in [0, 0.1) is 11.8 Å². The first-order chi connectivity index (χ1) is 31.5. The summed E-state index contributed by atoms with van der Waals surface area (Å²) >= 11 is 0. The van der Waals surface area contributed by atoms with Crippen molar-refractivity contribution in [2.75, 3.05) is 0 Å². The highest BCUT2D eigenvalue weighted by atomic mass is 16.5. The Labute approximate surface area is 373 Å². The van der Waals surface area contributed by atoms with Crippen molar-refractivity contribution >= 4 is 5.57 Å². The number of rotatable bonds is 6. The predicted molar refractivity (Wildman–Crippen MR) is 258 cm³/mol. The molecule has 4 aliphatic carbocycles. The van der Waals surface area contributed by atoms with Crippen LogP contribution in [0.1, 0.15) is 36.5 Å². The third kappa shape index (κ3) is 5.65. The van der Waals surface area contributed by atoms with Gasteiger partial charge in [-0.3, -0.25) is 0 Å². The minimum absolute atomic E-state index is 0.342. The van der Waals surface area contributed by atoms with Crippen molar-refractivity contribution in [2.45, 2.75) is 30.8 Å². The topological polar surface area (TPSA) is 47.9 Å². The largest absolute Gasteiger partial charge is 0.482 e. The van der Waals surface area contributed by atoms with Crippen molar-refractivity contribution in [2.24, 2.45) is 11.8 Å². The van der Waals surface area contributed by atoms with Gasteiger partial charge >= 0.3 is 0 Å². The molecule has 0 N–H and O–H groups in total. The van der Waals surface area contributed by atoms with Crippen LogP contribution in [0.3, 0.4) is 0 Å². The predicted octanol–water partition coefficient (Wildman–Crippen LogP) is 14.2. The number of aromatic nitrogens is 3. The molecule has 1 aromatic heterocycles. The van der Waals surface area contributed by atoms with Gasteiger partial charge < -0.3 is 4.74 Å². The van der Waals surface area contributed by atoms with Crippen LogP contribution in [-0.2, 0) is 5.41 Å². The summed E-state index contributed by atoms with van der Waals surface area (Å²) in [5, 5.41) is 0. The SMILES string of the molecule is CC1C=CC2=C(C1)c1ccccc1C21C2=CC=CC3CC23Oc2cc(-c3cccc(-c4nc(-c5ccc(-c6ccccc6)cc5)nc(-c5ccc(-c6ccccc6)cc5)n4)c3)ccc21. The Bertz CT molecular complexity index is 3210. The van der Waals surface area contributed by atoms with E-state index in [-0.39, 0.29) is 5.60 Å². The molecule has 304 valence electrons. The van der Waals surface area contributed by atoms with Gasteiger partial charge in [0, 0.05) is 34.6 Å². The second-order valence-electron chi connectivity index (χ2n) is 18.0. The molecule has 2 spiro atoms. The standard InChI is InChI=1S/C60H43N3O/c1-38-22-32-52-50(34-38)49-19-8-9-20-51(49)60(52)53-33-31-46(36-54(53)64-59-37-48(59)18-11-21-55(59)60)45-16-10-17-47(35-45)58-62-56(43-27-23-41(24-28-43)39-12-4-2-5-13-39)61-57(63-58)44-29-25-42(26-30-44)40-14-6-3-7-15-40/h2-33,35-36,38,48H,34,37H2,1H3. The minimum atomic E-state index is -0.397. The van der Waals surface area contributed by atoms with E-state index in [9.17, 15) is 0 Å². The minimum Gasteiger partial charge on any atom is -0.482 e. The van der Waals surface area contributed by atoms with Crippen LogP contribution >= 0.6 is 0 Å². The summed E-state index contributed by atoms with van der Waals surface area (Å²) in [6.07, 6.45) is 13.9. The molecule has 4 atom stereocenters. The van der Waals surface area contributed by atoms with Gasteiger partial charge in [0.1, 0.15) is 11.4 Å². The molecule has 1 fully saturated rings. The van der Waals surface area contributed by atoms with Gasteiger partial charge in [-0.2, -0.15) is 0 Å². The average molecular weight is 822 g/mol. The second-order valence-corrected chi connectivity index (χ2v) is 18.0. The van der Waals surface area contributed by atoms with Crippen LogP contribution in [-0.4, -0.2) is 20.6 Å². The lowest BCUT2D eigenvalue weighted by Gasteiger charge is -2.47. The Morgan fingerprint density at radius 1 is 0.500 bits per heavy atom. The van der Waals surface area contributed by atoms with E-state index in [1.165, 1.54) is 44.5 Å². The molecule has 4 heteroatoms. The summed E-state index contributed by atoms with van der Waals surface area (Å²) in [5.41, 5.74) is 17.1. The van der Waals surface area contributed by atoms with Crippen molar-refractivity contribution in [1.82, 2.24) is 15.0 Å². The number of hydrogen-bond acceptors (Lipinski definition) is 4. The third-order valence-electron chi connectivity index (χ3n) is 14.2. The van der Waals surface area contributed by atoms with Crippen LogP contribution in [0.25, 0.3) is 73.1 Å². The maximum Gasteiger partial charge on any atom is 0.164 e. The second kappa shape index (κ2) is 14.2. The molecule has 2 heterocycles. The van der Waals surface area contributed by atoms with Gasteiger partial charge in [-0.05, 0) is 85.7 Å². The van der Waals surface area contributed by atoms with Gasteiger partial charge in [-0.15, -0.1) is 0 Å². The van der Waals surface area contributed by atoms with Crippen molar-refractivity contribution in [1.29, 1.82) is 0 Å². The van der Waals surface area contributed by atoms with E-state index in [0.29, 0.717) is 29.3 Å². The zero-order valence-electron chi connectivity index (χ0n) is 35.4. The zero-order valence-corrected chi connectivity index (χ0v) is 35.4. The summed E-state index contributed by atoms with van der Waals surface area (Å²) in [5.74, 6) is 3.71. The normalized spacial score (nSPS) is 21.9. The van der Waals surface area contributed by atoms with Crippen LogP contribution in [0.5, 0.6) is 5.75 Å². The van der Waals surface area contributed by atoms with E-state index in [2.05, 4.69) is 201 Å². The summed E-state index contributed by atoms with van der Waals surface area (Å²) in [4.78, 5) is 15.5. The van der Waals surface area contributed by atoms with Crippen LogP contribution in [0.4, 0.5) is 0 Å². The highest BCUT2D eigenvalue weighted by Crippen LogP contribution is 2.70. The Morgan fingerprint density at radius 3 is 1.73 bits per heavy atom. The summed E-state index contributed by atoms with van der Waals surface area (Å²) in [6.45, 7) is 2.33.